The zero-order valence-corrected chi connectivity index (χ0v) is 11.9. The minimum absolute atomic E-state index is 0.227. The van der Waals surface area contributed by atoms with Crippen molar-refractivity contribution in [1.82, 2.24) is 0 Å². The summed E-state index contributed by atoms with van der Waals surface area (Å²) in [6.07, 6.45) is 0. The molecule has 0 spiro atoms. The van der Waals surface area contributed by atoms with E-state index in [0.29, 0.717) is 5.02 Å². The fourth-order valence-electron chi connectivity index (χ4n) is 2.03. The van der Waals surface area contributed by atoms with Crippen LogP contribution in [0.3, 0.4) is 0 Å². The molecule has 1 unspecified atom stereocenters. The number of hydrogen-bond donors (Lipinski definition) is 1. The quantitative estimate of drug-likeness (QED) is 0.850. The summed E-state index contributed by atoms with van der Waals surface area (Å²) in [5.41, 5.74) is 10.4. The normalized spacial score (nSPS) is 12.5. The Morgan fingerprint density at radius 2 is 1.56 bits per heavy atom. The van der Waals surface area contributed by atoms with Gasteiger partial charge in [-0.25, -0.2) is 0 Å². The van der Waals surface area contributed by atoms with Gasteiger partial charge in [-0.1, -0.05) is 47.5 Å². The van der Waals surface area contributed by atoms with E-state index in [1.165, 1.54) is 0 Å². The predicted octanol–water partition coefficient (Wildman–Crippen LogP) is 4.66. The number of halogens is 2. The zero-order chi connectivity index (χ0) is 13.3. The van der Waals surface area contributed by atoms with Gasteiger partial charge in [0.2, 0.25) is 0 Å². The van der Waals surface area contributed by atoms with E-state index in [2.05, 4.69) is 0 Å². The molecule has 0 aliphatic heterocycles. The van der Waals surface area contributed by atoms with Crippen molar-refractivity contribution in [3.63, 3.8) is 0 Å². The molecular formula is C15H15Cl2N. The molecule has 0 amide bonds. The number of rotatable bonds is 2. The maximum Gasteiger partial charge on any atom is 0.0569 e. The third-order valence-corrected chi connectivity index (χ3v) is 3.87. The lowest BCUT2D eigenvalue weighted by Gasteiger charge is -2.18. The van der Waals surface area contributed by atoms with Crippen LogP contribution in [0.5, 0.6) is 0 Å². The van der Waals surface area contributed by atoms with Gasteiger partial charge in [-0.05, 0) is 48.2 Å². The Morgan fingerprint density at radius 3 is 2.22 bits per heavy atom. The number of benzene rings is 2. The van der Waals surface area contributed by atoms with Crippen LogP contribution in [0.1, 0.15) is 28.3 Å². The highest BCUT2D eigenvalue weighted by molar-refractivity contribution is 6.31. The Kier molecular flexibility index (Phi) is 3.96. The van der Waals surface area contributed by atoms with E-state index in [4.69, 9.17) is 28.9 Å². The summed E-state index contributed by atoms with van der Waals surface area (Å²) in [5, 5.41) is 1.46. The molecule has 0 heterocycles. The van der Waals surface area contributed by atoms with Crippen LogP contribution in [0.15, 0.2) is 36.4 Å². The molecule has 0 aliphatic rings. The minimum Gasteiger partial charge on any atom is -0.320 e. The van der Waals surface area contributed by atoms with E-state index >= 15 is 0 Å². The lowest BCUT2D eigenvalue weighted by Crippen LogP contribution is -2.14. The Balaban J connectivity index is 2.50. The summed E-state index contributed by atoms with van der Waals surface area (Å²) in [4.78, 5) is 0. The van der Waals surface area contributed by atoms with Gasteiger partial charge in [-0.2, -0.15) is 0 Å². The van der Waals surface area contributed by atoms with Gasteiger partial charge in [0.25, 0.3) is 0 Å². The van der Waals surface area contributed by atoms with Gasteiger partial charge in [0.15, 0.2) is 0 Å². The summed E-state index contributed by atoms with van der Waals surface area (Å²) >= 11 is 12.3. The van der Waals surface area contributed by atoms with Gasteiger partial charge in [0.05, 0.1) is 6.04 Å². The van der Waals surface area contributed by atoms with Gasteiger partial charge < -0.3 is 5.73 Å². The van der Waals surface area contributed by atoms with Crippen LogP contribution in [0, 0.1) is 13.8 Å². The molecular weight excluding hydrogens is 265 g/mol. The molecule has 0 saturated heterocycles. The van der Waals surface area contributed by atoms with Crippen LogP contribution in [0.25, 0.3) is 0 Å². The van der Waals surface area contributed by atoms with Gasteiger partial charge in [-0.15, -0.1) is 0 Å². The maximum absolute atomic E-state index is 6.31. The standard InChI is InChI=1S/C15H15Cl2N/c1-9-8-14(17)10(2)7-12(9)15(18)11-5-3-4-6-13(11)16/h3-8,15H,18H2,1-2H3. The van der Waals surface area contributed by atoms with Crippen molar-refractivity contribution in [3.8, 4) is 0 Å². The first-order chi connectivity index (χ1) is 8.50. The molecule has 0 fully saturated rings. The predicted molar refractivity (Wildman–Crippen MR) is 78.4 cm³/mol. The topological polar surface area (TPSA) is 26.0 Å². The monoisotopic (exact) mass is 279 g/mol. The second-order valence-electron chi connectivity index (χ2n) is 4.46. The number of nitrogens with two attached hydrogens (primary N) is 1. The Hall–Kier alpha value is -1.02. The third-order valence-electron chi connectivity index (χ3n) is 3.12. The van der Waals surface area contributed by atoms with Crippen molar-refractivity contribution in [2.45, 2.75) is 19.9 Å². The molecule has 18 heavy (non-hydrogen) atoms. The summed E-state index contributed by atoms with van der Waals surface area (Å²) in [5.74, 6) is 0. The van der Waals surface area contributed by atoms with Gasteiger partial charge in [0.1, 0.15) is 0 Å². The maximum atomic E-state index is 6.31. The molecule has 2 aromatic rings. The molecule has 1 nitrogen and oxygen atoms in total. The molecule has 3 heteroatoms. The first-order valence-electron chi connectivity index (χ1n) is 5.77. The molecule has 0 aliphatic carbocycles. The highest BCUT2D eigenvalue weighted by atomic mass is 35.5. The average Bonchev–Trinajstić information content (AvgIpc) is 2.33. The van der Waals surface area contributed by atoms with E-state index in [1.54, 1.807) is 0 Å². The number of aryl methyl sites for hydroxylation is 2. The highest BCUT2D eigenvalue weighted by Gasteiger charge is 2.15. The number of hydrogen-bond acceptors (Lipinski definition) is 1. The summed E-state index contributed by atoms with van der Waals surface area (Å²) in [6.45, 7) is 3.99. The highest BCUT2D eigenvalue weighted by Crippen LogP contribution is 2.30. The van der Waals surface area contributed by atoms with Crippen LogP contribution in [0.2, 0.25) is 10.0 Å². The van der Waals surface area contributed by atoms with Crippen molar-refractivity contribution in [2.24, 2.45) is 5.73 Å². The second kappa shape index (κ2) is 5.31. The van der Waals surface area contributed by atoms with Crippen LogP contribution in [-0.2, 0) is 0 Å². The first-order valence-corrected chi connectivity index (χ1v) is 6.53. The molecule has 0 aromatic heterocycles. The second-order valence-corrected chi connectivity index (χ2v) is 5.27. The van der Waals surface area contributed by atoms with Crippen LogP contribution in [0.4, 0.5) is 0 Å². The van der Waals surface area contributed by atoms with E-state index in [-0.39, 0.29) is 6.04 Å². The third kappa shape index (κ3) is 2.54. The van der Waals surface area contributed by atoms with Crippen LogP contribution < -0.4 is 5.73 Å². The van der Waals surface area contributed by atoms with Crippen molar-refractivity contribution in [2.75, 3.05) is 0 Å². The largest absolute Gasteiger partial charge is 0.320 e. The van der Waals surface area contributed by atoms with E-state index < -0.39 is 0 Å². The van der Waals surface area contributed by atoms with Gasteiger partial charge in [0, 0.05) is 10.0 Å². The molecule has 2 aromatic carbocycles. The summed E-state index contributed by atoms with van der Waals surface area (Å²) in [6, 6.07) is 11.4. The van der Waals surface area contributed by atoms with E-state index in [1.807, 2.05) is 50.2 Å². The lowest BCUT2D eigenvalue weighted by atomic mass is 9.94. The van der Waals surface area contributed by atoms with E-state index in [9.17, 15) is 0 Å². The molecule has 0 radical (unpaired) electrons. The fourth-order valence-corrected chi connectivity index (χ4v) is 2.50. The Bertz CT molecular complexity index is 579. The Morgan fingerprint density at radius 1 is 0.889 bits per heavy atom. The lowest BCUT2D eigenvalue weighted by molar-refractivity contribution is 0.860. The summed E-state index contributed by atoms with van der Waals surface area (Å²) in [7, 11) is 0. The molecule has 0 bridgehead atoms. The SMILES string of the molecule is Cc1cc(C(N)c2ccccc2Cl)c(C)cc1Cl. The van der Waals surface area contributed by atoms with Crippen LogP contribution in [-0.4, -0.2) is 0 Å². The van der Waals surface area contributed by atoms with Crippen molar-refractivity contribution >= 4 is 23.2 Å². The smallest absolute Gasteiger partial charge is 0.0569 e. The van der Waals surface area contributed by atoms with E-state index in [0.717, 1.165) is 27.3 Å². The van der Waals surface area contributed by atoms with Gasteiger partial charge >= 0.3 is 0 Å². The molecule has 2 rings (SSSR count). The van der Waals surface area contributed by atoms with Crippen molar-refractivity contribution in [3.05, 3.63) is 68.7 Å². The first kappa shape index (κ1) is 13.4. The fraction of sp³-hybridized carbons (Fsp3) is 0.200. The van der Waals surface area contributed by atoms with Crippen molar-refractivity contribution in [1.29, 1.82) is 0 Å². The minimum atomic E-state index is -0.227. The Labute approximate surface area is 118 Å². The average molecular weight is 280 g/mol. The molecule has 94 valence electrons. The zero-order valence-electron chi connectivity index (χ0n) is 10.4. The summed E-state index contributed by atoms with van der Waals surface area (Å²) < 4.78 is 0. The van der Waals surface area contributed by atoms with Crippen molar-refractivity contribution < 1.29 is 0 Å². The van der Waals surface area contributed by atoms with Crippen LogP contribution >= 0.6 is 23.2 Å². The molecule has 0 saturated carbocycles. The molecule has 2 N–H and O–H groups in total. The molecule has 1 atom stereocenters. The van der Waals surface area contributed by atoms with Gasteiger partial charge in [-0.3, -0.25) is 0 Å².